The van der Waals surface area contributed by atoms with Crippen LogP contribution in [-0.2, 0) is 0 Å². The molecule has 0 bridgehead atoms. The van der Waals surface area contributed by atoms with Crippen molar-refractivity contribution in [2.45, 2.75) is 26.8 Å². The van der Waals surface area contributed by atoms with Crippen LogP contribution >= 0.6 is 0 Å². The predicted molar refractivity (Wildman–Crippen MR) is 68.8 cm³/mol. The molecule has 1 N–H and O–H groups in total. The molecule has 1 atom stereocenters. The van der Waals surface area contributed by atoms with E-state index in [1.165, 1.54) is 11.1 Å². The minimum atomic E-state index is 0.216. The van der Waals surface area contributed by atoms with Crippen LogP contribution in [0.25, 0.3) is 0 Å². The van der Waals surface area contributed by atoms with E-state index in [0.29, 0.717) is 6.61 Å². The summed E-state index contributed by atoms with van der Waals surface area (Å²) in [5.41, 5.74) is 2.48. The van der Waals surface area contributed by atoms with Crippen LogP contribution in [0.1, 0.15) is 32.4 Å². The summed E-state index contributed by atoms with van der Waals surface area (Å²) in [5.74, 6) is 0.960. The fourth-order valence-electron chi connectivity index (χ4n) is 1.69. The Morgan fingerprint density at radius 2 is 2.06 bits per heavy atom. The summed E-state index contributed by atoms with van der Waals surface area (Å²) in [4.78, 5) is 0. The minimum Gasteiger partial charge on any atom is -0.494 e. The third-order valence-electron chi connectivity index (χ3n) is 2.36. The van der Waals surface area contributed by atoms with E-state index in [1.54, 1.807) is 0 Å². The number of rotatable bonds is 5. The molecular formula is C14H21NO. The molecule has 1 aromatic rings. The lowest BCUT2D eigenvalue weighted by Crippen LogP contribution is -2.15. The fraction of sp³-hybridized carbons (Fsp3) is 0.429. The van der Waals surface area contributed by atoms with Gasteiger partial charge in [0.05, 0.1) is 12.6 Å². The molecule has 16 heavy (non-hydrogen) atoms. The molecule has 2 heteroatoms. The molecule has 0 fully saturated rings. The molecule has 1 unspecified atom stereocenters. The zero-order valence-corrected chi connectivity index (χ0v) is 10.6. The van der Waals surface area contributed by atoms with Crippen molar-refractivity contribution in [3.8, 4) is 5.75 Å². The third kappa shape index (κ3) is 3.38. The maximum absolute atomic E-state index is 5.63. The average Bonchev–Trinajstić information content (AvgIpc) is 2.27. The van der Waals surface area contributed by atoms with Gasteiger partial charge in [0.2, 0.25) is 0 Å². The molecule has 0 saturated heterocycles. The van der Waals surface area contributed by atoms with Gasteiger partial charge in [-0.15, -0.1) is 0 Å². The lowest BCUT2D eigenvalue weighted by Gasteiger charge is -2.17. The highest BCUT2D eigenvalue weighted by Crippen LogP contribution is 2.26. The van der Waals surface area contributed by atoms with Crippen LogP contribution in [0.4, 0.5) is 0 Å². The lowest BCUT2D eigenvalue weighted by molar-refractivity contribution is 0.334. The Labute approximate surface area is 98.3 Å². The van der Waals surface area contributed by atoms with Gasteiger partial charge in [-0.2, -0.15) is 0 Å². The Bertz CT molecular complexity index is 354. The first-order chi connectivity index (χ1) is 7.69. The molecule has 1 aromatic carbocycles. The molecule has 0 spiro atoms. The molecule has 1 rings (SSSR count). The summed E-state index contributed by atoms with van der Waals surface area (Å²) in [6.07, 6.45) is 2.21. The van der Waals surface area contributed by atoms with E-state index in [2.05, 4.69) is 31.3 Å². The second kappa shape index (κ2) is 6.33. The SMILES string of the molecule is CCOc1ccccc1C(C=C(C)C)NC. The molecule has 0 aromatic heterocycles. The summed E-state index contributed by atoms with van der Waals surface area (Å²) in [5, 5.41) is 3.29. The van der Waals surface area contributed by atoms with E-state index in [9.17, 15) is 0 Å². The standard InChI is InChI=1S/C14H21NO/c1-5-16-14-9-7-6-8-12(14)13(15-4)10-11(2)3/h6-10,13,15H,5H2,1-4H3. The van der Waals surface area contributed by atoms with Crippen molar-refractivity contribution in [2.24, 2.45) is 0 Å². The van der Waals surface area contributed by atoms with E-state index in [4.69, 9.17) is 4.74 Å². The van der Waals surface area contributed by atoms with Crippen molar-refractivity contribution in [2.75, 3.05) is 13.7 Å². The van der Waals surface area contributed by atoms with Crippen molar-refractivity contribution >= 4 is 0 Å². The highest BCUT2D eigenvalue weighted by molar-refractivity contribution is 5.38. The van der Waals surface area contributed by atoms with Gasteiger partial charge in [-0.1, -0.05) is 29.8 Å². The Balaban J connectivity index is 3.03. The van der Waals surface area contributed by atoms with Crippen LogP contribution in [0.5, 0.6) is 5.75 Å². The zero-order valence-electron chi connectivity index (χ0n) is 10.6. The van der Waals surface area contributed by atoms with E-state index < -0.39 is 0 Å². The van der Waals surface area contributed by atoms with Crippen molar-refractivity contribution in [1.82, 2.24) is 5.32 Å². The van der Waals surface area contributed by atoms with Crippen molar-refractivity contribution in [3.05, 3.63) is 41.5 Å². The minimum absolute atomic E-state index is 0.216. The average molecular weight is 219 g/mol. The number of allylic oxidation sites excluding steroid dienone is 1. The molecule has 0 heterocycles. The molecular weight excluding hydrogens is 198 g/mol. The monoisotopic (exact) mass is 219 g/mol. The second-order valence-electron chi connectivity index (χ2n) is 3.98. The zero-order chi connectivity index (χ0) is 12.0. The molecule has 2 nitrogen and oxygen atoms in total. The van der Waals surface area contributed by atoms with Crippen LogP contribution in [-0.4, -0.2) is 13.7 Å². The van der Waals surface area contributed by atoms with E-state index in [-0.39, 0.29) is 6.04 Å². The Morgan fingerprint density at radius 1 is 1.38 bits per heavy atom. The third-order valence-corrected chi connectivity index (χ3v) is 2.36. The first-order valence-electron chi connectivity index (χ1n) is 5.73. The summed E-state index contributed by atoms with van der Waals surface area (Å²) in [7, 11) is 1.97. The number of hydrogen-bond acceptors (Lipinski definition) is 2. The van der Waals surface area contributed by atoms with Gasteiger partial charge < -0.3 is 10.1 Å². The smallest absolute Gasteiger partial charge is 0.124 e. The van der Waals surface area contributed by atoms with Crippen molar-refractivity contribution in [1.29, 1.82) is 0 Å². The topological polar surface area (TPSA) is 21.3 Å². The molecule has 0 aliphatic carbocycles. The van der Waals surface area contributed by atoms with E-state index in [1.807, 2.05) is 32.2 Å². The number of likely N-dealkylation sites (N-methyl/N-ethyl adjacent to an activating group) is 1. The number of hydrogen-bond donors (Lipinski definition) is 1. The quantitative estimate of drug-likeness (QED) is 0.767. The van der Waals surface area contributed by atoms with Crippen molar-refractivity contribution < 1.29 is 4.74 Å². The van der Waals surface area contributed by atoms with Gasteiger partial charge in [-0.3, -0.25) is 0 Å². The second-order valence-corrected chi connectivity index (χ2v) is 3.98. The maximum atomic E-state index is 5.63. The van der Waals surface area contributed by atoms with Crippen molar-refractivity contribution in [3.63, 3.8) is 0 Å². The first-order valence-corrected chi connectivity index (χ1v) is 5.73. The lowest BCUT2D eigenvalue weighted by atomic mass is 10.0. The largest absolute Gasteiger partial charge is 0.494 e. The van der Waals surface area contributed by atoms with Crippen LogP contribution in [0.3, 0.4) is 0 Å². The molecule has 0 aliphatic rings. The van der Waals surface area contributed by atoms with E-state index in [0.717, 1.165) is 5.75 Å². The molecule has 0 saturated carbocycles. The van der Waals surface area contributed by atoms with E-state index >= 15 is 0 Å². The van der Waals surface area contributed by atoms with Gasteiger partial charge in [-0.25, -0.2) is 0 Å². The first kappa shape index (κ1) is 12.8. The van der Waals surface area contributed by atoms with Gasteiger partial charge in [0.15, 0.2) is 0 Å². The number of nitrogens with one attached hydrogen (secondary N) is 1. The number of benzene rings is 1. The molecule has 88 valence electrons. The normalized spacial score (nSPS) is 12.0. The van der Waals surface area contributed by atoms with Crippen LogP contribution in [0.2, 0.25) is 0 Å². The van der Waals surface area contributed by atoms with Gasteiger partial charge in [0.25, 0.3) is 0 Å². The van der Waals surface area contributed by atoms with Crippen LogP contribution in [0.15, 0.2) is 35.9 Å². The highest BCUT2D eigenvalue weighted by Gasteiger charge is 2.11. The van der Waals surface area contributed by atoms with Gasteiger partial charge >= 0.3 is 0 Å². The van der Waals surface area contributed by atoms with Gasteiger partial charge in [0.1, 0.15) is 5.75 Å². The molecule has 0 amide bonds. The van der Waals surface area contributed by atoms with Crippen LogP contribution < -0.4 is 10.1 Å². The van der Waals surface area contributed by atoms with Gasteiger partial charge in [-0.05, 0) is 33.9 Å². The number of para-hydroxylation sites is 1. The summed E-state index contributed by atoms with van der Waals surface area (Å²) >= 11 is 0. The molecule has 0 radical (unpaired) electrons. The predicted octanol–water partition coefficient (Wildman–Crippen LogP) is 3.31. The summed E-state index contributed by atoms with van der Waals surface area (Å²) in [6.45, 7) is 6.91. The molecule has 0 aliphatic heterocycles. The van der Waals surface area contributed by atoms with Crippen LogP contribution in [0, 0.1) is 0 Å². The highest BCUT2D eigenvalue weighted by atomic mass is 16.5. The maximum Gasteiger partial charge on any atom is 0.124 e. The Morgan fingerprint density at radius 3 is 2.62 bits per heavy atom. The van der Waals surface area contributed by atoms with Gasteiger partial charge in [0, 0.05) is 5.56 Å². The summed E-state index contributed by atoms with van der Waals surface area (Å²) in [6, 6.07) is 8.38. The Hall–Kier alpha value is -1.28. The number of ether oxygens (including phenoxy) is 1. The fourth-order valence-corrected chi connectivity index (χ4v) is 1.69. The summed E-state index contributed by atoms with van der Waals surface area (Å²) < 4.78 is 5.63. The Kier molecular flexibility index (Phi) is 5.06.